The van der Waals surface area contributed by atoms with E-state index in [4.69, 9.17) is 4.42 Å². The van der Waals surface area contributed by atoms with Crippen molar-refractivity contribution >= 4 is 92.3 Å². The summed E-state index contributed by atoms with van der Waals surface area (Å²) in [4.78, 5) is 2.36. The van der Waals surface area contributed by atoms with Crippen molar-refractivity contribution < 1.29 is 4.42 Å². The van der Waals surface area contributed by atoms with E-state index in [-0.39, 0.29) is 0 Å². The largest absolute Gasteiger partial charge is 0.456 e. The summed E-state index contributed by atoms with van der Waals surface area (Å²) in [5.41, 5.74) is 13.2. The van der Waals surface area contributed by atoms with Gasteiger partial charge in [-0.05, 0) is 83.4 Å². The van der Waals surface area contributed by atoms with Gasteiger partial charge in [-0.25, -0.2) is 0 Å². The molecule has 0 aliphatic heterocycles. The fraction of sp³-hybridized carbons (Fsp3) is 0. The average molecular weight is 759 g/mol. The van der Waals surface area contributed by atoms with Crippen LogP contribution in [0.25, 0.3) is 91.9 Å². The Morgan fingerprint density at radius 2 is 1.00 bits per heavy atom. The second-order valence-corrected chi connectivity index (χ2v) is 16.0. The zero-order valence-electron chi connectivity index (χ0n) is 31.3. The van der Waals surface area contributed by atoms with E-state index in [1.807, 2.05) is 17.4 Å². The minimum Gasteiger partial charge on any atom is -0.456 e. The van der Waals surface area contributed by atoms with Gasteiger partial charge in [0, 0.05) is 76.1 Å². The third kappa shape index (κ3) is 5.12. The Balaban J connectivity index is 1.10. The number of anilines is 3. The van der Waals surface area contributed by atoms with E-state index in [9.17, 15) is 0 Å². The first kappa shape index (κ1) is 32.8. The molecule has 0 aliphatic carbocycles. The normalized spacial score (nSPS) is 11.8. The SMILES string of the molecule is c1ccc(-c2ccc3c4c(-c5ccccc5)c5c(cc4n(-c4ccc(N(c6ccccc6)c6ccc7c(c6)sc6ccccc67)cc4)c3c2)oc2ccccc25)cc1. The van der Waals surface area contributed by atoms with Gasteiger partial charge in [0.2, 0.25) is 0 Å². The summed E-state index contributed by atoms with van der Waals surface area (Å²) in [6, 6.07) is 74.3. The fourth-order valence-corrected chi connectivity index (χ4v) is 10.1. The highest BCUT2D eigenvalue weighted by Gasteiger charge is 2.23. The zero-order chi connectivity index (χ0) is 38.2. The van der Waals surface area contributed by atoms with E-state index in [1.54, 1.807) is 0 Å². The number of nitrogens with zero attached hydrogens (tertiary/aromatic N) is 2. The van der Waals surface area contributed by atoms with Gasteiger partial charge < -0.3 is 13.9 Å². The molecule has 0 N–H and O–H groups in total. The maximum Gasteiger partial charge on any atom is 0.138 e. The second kappa shape index (κ2) is 13.1. The second-order valence-electron chi connectivity index (χ2n) is 14.9. The Labute approximate surface area is 338 Å². The molecule has 0 amide bonds. The molecular formula is C54H34N2OS. The third-order valence-electron chi connectivity index (χ3n) is 11.6. The van der Waals surface area contributed by atoms with Crippen LogP contribution < -0.4 is 4.90 Å². The highest BCUT2D eigenvalue weighted by molar-refractivity contribution is 7.25. The van der Waals surface area contributed by atoms with E-state index in [1.165, 1.54) is 53.2 Å². The smallest absolute Gasteiger partial charge is 0.138 e. The molecule has 12 aromatic rings. The van der Waals surface area contributed by atoms with Crippen molar-refractivity contribution in [1.29, 1.82) is 0 Å². The van der Waals surface area contributed by atoms with Gasteiger partial charge in [-0.15, -0.1) is 11.3 Å². The quantitative estimate of drug-likeness (QED) is 0.168. The number of hydrogen-bond donors (Lipinski definition) is 0. The fourth-order valence-electron chi connectivity index (χ4n) is 8.99. The van der Waals surface area contributed by atoms with Gasteiger partial charge in [0.1, 0.15) is 11.2 Å². The molecular weight excluding hydrogens is 725 g/mol. The van der Waals surface area contributed by atoms with Gasteiger partial charge in [0.25, 0.3) is 0 Å². The number of benzene rings is 9. The molecule has 0 unspecified atom stereocenters. The maximum atomic E-state index is 6.68. The Morgan fingerprint density at radius 3 is 1.79 bits per heavy atom. The molecule has 0 atom stereocenters. The molecule has 0 spiro atoms. The van der Waals surface area contributed by atoms with E-state index >= 15 is 0 Å². The van der Waals surface area contributed by atoms with Gasteiger partial charge in [-0.1, -0.05) is 133 Å². The number of para-hydroxylation sites is 2. The van der Waals surface area contributed by atoms with Crippen molar-refractivity contribution in [3.63, 3.8) is 0 Å². The van der Waals surface area contributed by atoms with Crippen LogP contribution in [0.1, 0.15) is 0 Å². The minimum atomic E-state index is 0.878. The molecule has 0 radical (unpaired) electrons. The summed E-state index contributed by atoms with van der Waals surface area (Å²) in [5.74, 6) is 0. The molecule has 0 bridgehead atoms. The molecule has 58 heavy (non-hydrogen) atoms. The number of furan rings is 1. The molecule has 3 aromatic heterocycles. The topological polar surface area (TPSA) is 21.3 Å². The van der Waals surface area contributed by atoms with Crippen LogP contribution >= 0.6 is 11.3 Å². The summed E-state index contributed by atoms with van der Waals surface area (Å²) in [7, 11) is 0. The van der Waals surface area contributed by atoms with Gasteiger partial charge in [-0.2, -0.15) is 0 Å². The molecule has 0 fully saturated rings. The van der Waals surface area contributed by atoms with E-state index in [2.05, 4.69) is 210 Å². The Hall–Kier alpha value is -7.40. The van der Waals surface area contributed by atoms with Crippen LogP contribution in [0.15, 0.2) is 211 Å². The van der Waals surface area contributed by atoms with Gasteiger partial charge in [0.05, 0.1) is 11.0 Å². The highest BCUT2D eigenvalue weighted by atomic mass is 32.1. The molecule has 272 valence electrons. The average Bonchev–Trinajstić information content (AvgIpc) is 3.96. The highest BCUT2D eigenvalue weighted by Crippen LogP contribution is 2.47. The number of aromatic nitrogens is 1. The van der Waals surface area contributed by atoms with Crippen LogP contribution in [0.3, 0.4) is 0 Å². The molecule has 3 heterocycles. The lowest BCUT2D eigenvalue weighted by molar-refractivity contribution is 0.669. The van der Waals surface area contributed by atoms with Crippen molar-refractivity contribution in [1.82, 2.24) is 4.57 Å². The first-order valence-electron chi connectivity index (χ1n) is 19.7. The Bertz CT molecular complexity index is 3490. The van der Waals surface area contributed by atoms with Gasteiger partial charge in [-0.3, -0.25) is 0 Å². The summed E-state index contributed by atoms with van der Waals surface area (Å²) < 4.78 is 11.7. The standard InChI is InChI=1S/C54H34N2OS/c1-4-14-35(15-5-1)37-24-30-44-46(32-37)56(47-34-49-54(45-21-10-12-22-48(45)57-49)52(53(44)47)36-16-6-2-7-17-36)40-27-25-39(26-28-40)55(38-18-8-3-9-19-38)41-29-31-43-42-20-11-13-23-50(42)58-51(43)33-41/h1-34H. The monoisotopic (exact) mass is 758 g/mol. The molecule has 3 nitrogen and oxygen atoms in total. The summed E-state index contributed by atoms with van der Waals surface area (Å²) in [6.07, 6.45) is 0. The molecule has 0 saturated heterocycles. The first-order valence-corrected chi connectivity index (χ1v) is 20.5. The lowest BCUT2D eigenvalue weighted by atomic mass is 9.94. The van der Waals surface area contributed by atoms with Crippen molar-refractivity contribution in [2.24, 2.45) is 0 Å². The first-order chi connectivity index (χ1) is 28.8. The van der Waals surface area contributed by atoms with Crippen molar-refractivity contribution in [3.8, 4) is 27.9 Å². The molecule has 0 aliphatic rings. The van der Waals surface area contributed by atoms with Crippen molar-refractivity contribution in [3.05, 3.63) is 206 Å². The number of fused-ring (bicyclic) bond motifs is 9. The minimum absolute atomic E-state index is 0.878. The Kier molecular flexibility index (Phi) is 7.40. The molecule has 12 rings (SSSR count). The Morgan fingerprint density at radius 1 is 0.379 bits per heavy atom. The van der Waals surface area contributed by atoms with Crippen LogP contribution in [-0.4, -0.2) is 4.57 Å². The van der Waals surface area contributed by atoms with Crippen molar-refractivity contribution in [2.45, 2.75) is 0 Å². The van der Waals surface area contributed by atoms with E-state index < -0.39 is 0 Å². The summed E-state index contributed by atoms with van der Waals surface area (Å²) in [5, 5.41) is 7.28. The van der Waals surface area contributed by atoms with E-state index in [0.717, 1.165) is 55.7 Å². The van der Waals surface area contributed by atoms with Crippen LogP contribution in [0.4, 0.5) is 17.1 Å². The third-order valence-corrected chi connectivity index (χ3v) is 12.7. The summed E-state index contributed by atoms with van der Waals surface area (Å²) >= 11 is 1.85. The lowest BCUT2D eigenvalue weighted by Gasteiger charge is -2.26. The summed E-state index contributed by atoms with van der Waals surface area (Å²) in [6.45, 7) is 0. The molecule has 4 heteroatoms. The zero-order valence-corrected chi connectivity index (χ0v) is 32.2. The van der Waals surface area contributed by atoms with Gasteiger partial charge in [0.15, 0.2) is 0 Å². The number of rotatable bonds is 6. The van der Waals surface area contributed by atoms with E-state index in [0.29, 0.717) is 0 Å². The van der Waals surface area contributed by atoms with Crippen LogP contribution in [-0.2, 0) is 0 Å². The number of hydrogen-bond acceptors (Lipinski definition) is 3. The maximum absolute atomic E-state index is 6.68. The van der Waals surface area contributed by atoms with Crippen molar-refractivity contribution in [2.75, 3.05) is 4.90 Å². The number of thiophene rings is 1. The molecule has 0 saturated carbocycles. The lowest BCUT2D eigenvalue weighted by Crippen LogP contribution is -2.09. The van der Waals surface area contributed by atoms with Crippen LogP contribution in [0, 0.1) is 0 Å². The predicted octanol–water partition coefficient (Wildman–Crippen LogP) is 15.9. The van der Waals surface area contributed by atoms with Crippen LogP contribution in [0.5, 0.6) is 0 Å². The van der Waals surface area contributed by atoms with Crippen LogP contribution in [0.2, 0.25) is 0 Å². The predicted molar refractivity (Wildman–Crippen MR) is 247 cm³/mol. The van der Waals surface area contributed by atoms with Gasteiger partial charge >= 0.3 is 0 Å². The molecule has 9 aromatic carbocycles.